The molecule has 1 N–H and O–H groups in total. The molecule has 0 aliphatic carbocycles. The first-order chi connectivity index (χ1) is 8.17. The van der Waals surface area contributed by atoms with Gasteiger partial charge in [0.15, 0.2) is 0 Å². The van der Waals surface area contributed by atoms with E-state index >= 15 is 0 Å². The van der Waals surface area contributed by atoms with Crippen LogP contribution in [-0.2, 0) is 6.42 Å². The van der Waals surface area contributed by atoms with Crippen LogP contribution in [0, 0.1) is 12.7 Å². The number of aromatic nitrogens is 2. The molecule has 4 heteroatoms. The van der Waals surface area contributed by atoms with Gasteiger partial charge in [0.25, 0.3) is 0 Å². The Morgan fingerprint density at radius 1 is 1.18 bits per heavy atom. The molecule has 0 unspecified atom stereocenters. The molecule has 1 aromatic carbocycles. The van der Waals surface area contributed by atoms with Crippen LogP contribution < -0.4 is 5.32 Å². The molecule has 0 aliphatic heterocycles. The molecule has 0 spiro atoms. The highest BCUT2D eigenvalue weighted by Crippen LogP contribution is 2.10. The summed E-state index contributed by atoms with van der Waals surface area (Å²) in [6.45, 7) is 1.93. The molecule has 17 heavy (non-hydrogen) atoms. The lowest BCUT2D eigenvalue weighted by atomic mass is 10.1. The molecule has 0 saturated heterocycles. The zero-order valence-corrected chi connectivity index (χ0v) is 9.87. The number of benzene rings is 1. The average molecular weight is 231 g/mol. The Balaban J connectivity index is 2.23. The molecule has 0 fully saturated rings. The molecular formula is C13H14FN3. The van der Waals surface area contributed by atoms with Crippen molar-refractivity contribution in [3.63, 3.8) is 0 Å². The van der Waals surface area contributed by atoms with Crippen LogP contribution in [-0.4, -0.2) is 17.0 Å². The van der Waals surface area contributed by atoms with E-state index in [1.807, 2.05) is 20.0 Å². The number of hydrogen-bond donors (Lipinski definition) is 1. The minimum atomic E-state index is -0.227. The summed E-state index contributed by atoms with van der Waals surface area (Å²) in [6, 6.07) is 8.28. The van der Waals surface area contributed by atoms with Gasteiger partial charge in [0.2, 0.25) is 0 Å². The van der Waals surface area contributed by atoms with Gasteiger partial charge in [-0.3, -0.25) is 0 Å². The van der Waals surface area contributed by atoms with E-state index in [9.17, 15) is 4.39 Å². The van der Waals surface area contributed by atoms with Gasteiger partial charge < -0.3 is 5.32 Å². The molecule has 3 nitrogen and oxygen atoms in total. The minimum absolute atomic E-state index is 0.227. The summed E-state index contributed by atoms with van der Waals surface area (Å²) in [6.07, 6.45) is 0.608. The van der Waals surface area contributed by atoms with Crippen molar-refractivity contribution in [2.75, 3.05) is 12.4 Å². The lowest BCUT2D eigenvalue weighted by molar-refractivity contribution is 0.627. The summed E-state index contributed by atoms with van der Waals surface area (Å²) in [4.78, 5) is 8.71. The summed E-state index contributed by atoms with van der Waals surface area (Å²) in [5.74, 6) is 1.31. The second-order valence-corrected chi connectivity index (χ2v) is 3.86. The lowest BCUT2D eigenvalue weighted by Crippen LogP contribution is -2.02. The van der Waals surface area contributed by atoms with Crippen molar-refractivity contribution in [1.29, 1.82) is 0 Å². The fourth-order valence-corrected chi connectivity index (χ4v) is 1.62. The quantitative estimate of drug-likeness (QED) is 0.882. The van der Waals surface area contributed by atoms with Crippen LogP contribution in [0.25, 0.3) is 0 Å². The predicted octanol–water partition coefficient (Wildman–Crippen LogP) is 2.56. The van der Waals surface area contributed by atoms with Crippen molar-refractivity contribution < 1.29 is 4.39 Å². The summed E-state index contributed by atoms with van der Waals surface area (Å²) < 4.78 is 12.8. The normalized spacial score (nSPS) is 10.3. The fourth-order valence-electron chi connectivity index (χ4n) is 1.62. The average Bonchev–Trinajstić information content (AvgIpc) is 2.31. The van der Waals surface area contributed by atoms with Crippen LogP contribution in [0.2, 0.25) is 0 Å². The van der Waals surface area contributed by atoms with E-state index in [1.165, 1.54) is 12.1 Å². The van der Waals surface area contributed by atoms with Gasteiger partial charge in [0.1, 0.15) is 17.5 Å². The number of hydrogen-bond acceptors (Lipinski definition) is 3. The van der Waals surface area contributed by atoms with Crippen molar-refractivity contribution in [3.8, 4) is 0 Å². The number of nitrogens with zero attached hydrogens (tertiary/aromatic N) is 2. The van der Waals surface area contributed by atoms with Crippen molar-refractivity contribution in [3.05, 3.63) is 53.2 Å². The van der Waals surface area contributed by atoms with Crippen LogP contribution in [0.1, 0.15) is 17.1 Å². The molecule has 2 rings (SSSR count). The van der Waals surface area contributed by atoms with Gasteiger partial charge in [-0.25, -0.2) is 14.4 Å². The van der Waals surface area contributed by atoms with Gasteiger partial charge in [0.05, 0.1) is 0 Å². The Hall–Kier alpha value is -1.97. The maximum absolute atomic E-state index is 12.8. The highest BCUT2D eigenvalue weighted by Gasteiger charge is 2.03. The minimum Gasteiger partial charge on any atom is -0.373 e. The van der Waals surface area contributed by atoms with E-state index in [0.29, 0.717) is 6.42 Å². The van der Waals surface area contributed by atoms with E-state index in [0.717, 1.165) is 22.9 Å². The largest absolute Gasteiger partial charge is 0.373 e. The van der Waals surface area contributed by atoms with E-state index in [2.05, 4.69) is 15.3 Å². The van der Waals surface area contributed by atoms with Crippen molar-refractivity contribution in [2.24, 2.45) is 0 Å². The van der Waals surface area contributed by atoms with Gasteiger partial charge >= 0.3 is 0 Å². The summed E-state index contributed by atoms with van der Waals surface area (Å²) in [5, 5.41) is 2.99. The number of aryl methyl sites for hydroxylation is 1. The number of nitrogens with one attached hydrogen (secondary N) is 1. The Kier molecular flexibility index (Phi) is 3.32. The Labute approximate surface area is 99.7 Å². The Morgan fingerprint density at radius 3 is 2.53 bits per heavy atom. The van der Waals surface area contributed by atoms with Crippen molar-refractivity contribution >= 4 is 5.82 Å². The third kappa shape index (κ3) is 3.00. The maximum atomic E-state index is 12.8. The number of rotatable bonds is 3. The second kappa shape index (κ2) is 4.91. The number of anilines is 1. The molecule has 0 radical (unpaired) electrons. The molecule has 1 aromatic heterocycles. The highest BCUT2D eigenvalue weighted by atomic mass is 19.1. The Bertz CT molecular complexity index is 509. The summed E-state index contributed by atoms with van der Waals surface area (Å²) in [5.41, 5.74) is 1.92. The molecule has 0 amide bonds. The molecule has 0 aliphatic rings. The van der Waals surface area contributed by atoms with Gasteiger partial charge in [-0.2, -0.15) is 0 Å². The third-order valence-electron chi connectivity index (χ3n) is 2.43. The van der Waals surface area contributed by atoms with E-state index in [4.69, 9.17) is 0 Å². The topological polar surface area (TPSA) is 37.8 Å². The van der Waals surface area contributed by atoms with E-state index in [-0.39, 0.29) is 5.82 Å². The first-order valence-corrected chi connectivity index (χ1v) is 5.44. The van der Waals surface area contributed by atoms with Crippen LogP contribution >= 0.6 is 0 Å². The SMILES string of the molecule is CNc1cc(C)nc(Cc2ccc(F)cc2)n1. The van der Waals surface area contributed by atoms with E-state index < -0.39 is 0 Å². The molecule has 0 saturated carbocycles. The maximum Gasteiger partial charge on any atom is 0.135 e. The third-order valence-corrected chi connectivity index (χ3v) is 2.43. The van der Waals surface area contributed by atoms with Gasteiger partial charge in [-0.1, -0.05) is 12.1 Å². The van der Waals surface area contributed by atoms with Crippen LogP contribution in [0.5, 0.6) is 0 Å². The van der Waals surface area contributed by atoms with Crippen molar-refractivity contribution in [1.82, 2.24) is 9.97 Å². The molecule has 1 heterocycles. The fraction of sp³-hybridized carbons (Fsp3) is 0.231. The molecule has 0 bridgehead atoms. The van der Waals surface area contributed by atoms with Gasteiger partial charge in [0, 0.05) is 25.2 Å². The lowest BCUT2D eigenvalue weighted by Gasteiger charge is -2.05. The first-order valence-electron chi connectivity index (χ1n) is 5.44. The highest BCUT2D eigenvalue weighted by molar-refractivity contribution is 5.35. The van der Waals surface area contributed by atoms with E-state index in [1.54, 1.807) is 12.1 Å². The van der Waals surface area contributed by atoms with Crippen molar-refractivity contribution in [2.45, 2.75) is 13.3 Å². The van der Waals surface area contributed by atoms with Crippen LogP contribution in [0.3, 0.4) is 0 Å². The van der Waals surface area contributed by atoms with Gasteiger partial charge in [-0.15, -0.1) is 0 Å². The molecule has 0 atom stereocenters. The smallest absolute Gasteiger partial charge is 0.135 e. The number of halogens is 1. The van der Waals surface area contributed by atoms with Crippen LogP contribution in [0.15, 0.2) is 30.3 Å². The molecular weight excluding hydrogens is 217 g/mol. The monoisotopic (exact) mass is 231 g/mol. The predicted molar refractivity (Wildman–Crippen MR) is 65.5 cm³/mol. The zero-order chi connectivity index (χ0) is 12.3. The summed E-state index contributed by atoms with van der Waals surface area (Å²) in [7, 11) is 1.82. The molecule has 2 aromatic rings. The molecule has 88 valence electrons. The summed E-state index contributed by atoms with van der Waals surface area (Å²) >= 11 is 0. The van der Waals surface area contributed by atoms with Gasteiger partial charge in [-0.05, 0) is 24.6 Å². The zero-order valence-electron chi connectivity index (χ0n) is 9.87. The standard InChI is InChI=1S/C13H14FN3/c1-9-7-12(15-2)17-13(16-9)8-10-3-5-11(14)6-4-10/h3-7H,8H2,1-2H3,(H,15,16,17). The second-order valence-electron chi connectivity index (χ2n) is 3.86. The first kappa shape index (κ1) is 11.5. The Morgan fingerprint density at radius 2 is 1.88 bits per heavy atom. The van der Waals surface area contributed by atoms with Crippen LogP contribution in [0.4, 0.5) is 10.2 Å².